The molecule has 5 heteroatoms. The van der Waals surface area contributed by atoms with Gasteiger partial charge < -0.3 is 9.47 Å². The first kappa shape index (κ1) is 13.1. The summed E-state index contributed by atoms with van der Waals surface area (Å²) >= 11 is 0. The minimum Gasteiger partial charge on any atom is -0.464 e. The largest absolute Gasteiger partial charge is 0.464 e. The molecule has 0 radical (unpaired) electrons. The molecule has 0 bridgehead atoms. The number of carbonyl (C=O) groups is 1. The van der Waals surface area contributed by atoms with Crippen LogP contribution in [0, 0.1) is 0 Å². The van der Waals surface area contributed by atoms with Crippen molar-refractivity contribution < 1.29 is 14.3 Å². The van der Waals surface area contributed by atoms with Crippen molar-refractivity contribution in [2.24, 2.45) is 7.05 Å². The Bertz CT molecular complexity index is 420. The van der Waals surface area contributed by atoms with Crippen molar-refractivity contribution >= 4 is 5.97 Å². The lowest BCUT2D eigenvalue weighted by Crippen LogP contribution is -2.19. The molecule has 5 nitrogen and oxygen atoms in total. The zero-order chi connectivity index (χ0) is 13.1. The number of hydrogen-bond donors (Lipinski definition) is 0. The maximum absolute atomic E-state index is 11.5. The standard InChI is InChI=1S/C13H20N2O3/c1-15-12(13(16)18-3)8-11(14-15)9-4-6-10(17-2)7-5-9/h8-10H,4-7H2,1-3H3. The third-order valence-electron chi connectivity index (χ3n) is 3.72. The van der Waals surface area contributed by atoms with Gasteiger partial charge >= 0.3 is 5.97 Å². The van der Waals surface area contributed by atoms with Crippen molar-refractivity contribution in [3.8, 4) is 0 Å². The van der Waals surface area contributed by atoms with Gasteiger partial charge in [0.2, 0.25) is 0 Å². The first-order chi connectivity index (χ1) is 8.65. The molecule has 1 aliphatic carbocycles. The minimum absolute atomic E-state index is 0.332. The zero-order valence-electron chi connectivity index (χ0n) is 11.2. The highest BCUT2D eigenvalue weighted by molar-refractivity contribution is 5.87. The van der Waals surface area contributed by atoms with Crippen LogP contribution in [-0.4, -0.2) is 36.1 Å². The maximum Gasteiger partial charge on any atom is 0.356 e. The van der Waals surface area contributed by atoms with Gasteiger partial charge in [-0.25, -0.2) is 4.79 Å². The van der Waals surface area contributed by atoms with Crippen molar-refractivity contribution in [1.29, 1.82) is 0 Å². The van der Waals surface area contributed by atoms with E-state index in [1.54, 1.807) is 18.8 Å². The molecule has 1 fully saturated rings. The molecule has 0 spiro atoms. The summed E-state index contributed by atoms with van der Waals surface area (Å²) in [6.45, 7) is 0. The number of nitrogens with zero attached hydrogens (tertiary/aromatic N) is 2. The molecular formula is C13H20N2O3. The molecule has 0 N–H and O–H groups in total. The Morgan fingerprint density at radius 1 is 1.33 bits per heavy atom. The van der Waals surface area contributed by atoms with Crippen LogP contribution >= 0.6 is 0 Å². The normalized spacial score (nSPS) is 23.9. The Kier molecular flexibility index (Phi) is 4.01. The van der Waals surface area contributed by atoms with Gasteiger partial charge in [0.25, 0.3) is 0 Å². The lowest BCUT2D eigenvalue weighted by atomic mass is 9.85. The van der Waals surface area contributed by atoms with Crippen LogP contribution in [0.4, 0.5) is 0 Å². The summed E-state index contributed by atoms with van der Waals surface area (Å²) in [6.07, 6.45) is 4.63. The highest BCUT2D eigenvalue weighted by Gasteiger charge is 2.25. The topological polar surface area (TPSA) is 53.4 Å². The molecule has 0 unspecified atom stereocenters. The van der Waals surface area contributed by atoms with Crippen molar-refractivity contribution in [3.05, 3.63) is 17.5 Å². The average Bonchev–Trinajstić information content (AvgIpc) is 2.80. The van der Waals surface area contributed by atoms with Crippen LogP contribution in [0.3, 0.4) is 0 Å². The van der Waals surface area contributed by atoms with E-state index in [9.17, 15) is 4.79 Å². The van der Waals surface area contributed by atoms with Gasteiger partial charge in [-0.05, 0) is 31.7 Å². The van der Waals surface area contributed by atoms with Gasteiger partial charge in [-0.15, -0.1) is 0 Å². The fourth-order valence-electron chi connectivity index (χ4n) is 2.58. The van der Waals surface area contributed by atoms with Crippen molar-refractivity contribution in [2.75, 3.05) is 14.2 Å². The highest BCUT2D eigenvalue weighted by atomic mass is 16.5. The third-order valence-corrected chi connectivity index (χ3v) is 3.72. The fourth-order valence-corrected chi connectivity index (χ4v) is 2.58. The Morgan fingerprint density at radius 3 is 2.56 bits per heavy atom. The number of aryl methyl sites for hydroxylation is 1. The number of carbonyl (C=O) groups excluding carboxylic acids is 1. The molecule has 1 aromatic heterocycles. The van der Waals surface area contributed by atoms with Crippen LogP contribution in [0.2, 0.25) is 0 Å². The summed E-state index contributed by atoms with van der Waals surface area (Å²) in [6, 6.07) is 1.85. The van der Waals surface area contributed by atoms with Gasteiger partial charge in [0, 0.05) is 20.1 Å². The van der Waals surface area contributed by atoms with Crippen molar-refractivity contribution in [2.45, 2.75) is 37.7 Å². The second-order valence-corrected chi connectivity index (χ2v) is 4.78. The number of aromatic nitrogens is 2. The Labute approximate surface area is 107 Å². The molecular weight excluding hydrogens is 232 g/mol. The van der Waals surface area contributed by atoms with Gasteiger partial charge in [-0.1, -0.05) is 0 Å². The van der Waals surface area contributed by atoms with E-state index in [0.717, 1.165) is 31.4 Å². The smallest absolute Gasteiger partial charge is 0.356 e. The van der Waals surface area contributed by atoms with Crippen LogP contribution < -0.4 is 0 Å². The fraction of sp³-hybridized carbons (Fsp3) is 0.692. The summed E-state index contributed by atoms with van der Waals surface area (Å²) in [5, 5.41) is 4.43. The maximum atomic E-state index is 11.5. The first-order valence-electron chi connectivity index (χ1n) is 6.30. The van der Waals surface area contributed by atoms with E-state index >= 15 is 0 Å². The van der Waals surface area contributed by atoms with E-state index in [4.69, 9.17) is 9.47 Å². The van der Waals surface area contributed by atoms with Gasteiger partial charge in [-0.3, -0.25) is 4.68 Å². The summed E-state index contributed by atoms with van der Waals surface area (Å²) in [7, 11) is 4.93. The lowest BCUT2D eigenvalue weighted by Gasteiger charge is -2.26. The van der Waals surface area contributed by atoms with Crippen LogP contribution in [0.15, 0.2) is 6.07 Å². The minimum atomic E-state index is -0.332. The predicted octanol–water partition coefficient (Wildman–Crippen LogP) is 1.88. The molecule has 1 aliphatic rings. The molecule has 1 heterocycles. The summed E-state index contributed by atoms with van der Waals surface area (Å²) < 4.78 is 11.7. The molecule has 18 heavy (non-hydrogen) atoms. The van der Waals surface area contributed by atoms with Crippen LogP contribution in [0.25, 0.3) is 0 Å². The Hall–Kier alpha value is -1.36. The predicted molar refractivity (Wildman–Crippen MR) is 66.6 cm³/mol. The second kappa shape index (κ2) is 5.52. The van der Waals surface area contributed by atoms with Gasteiger partial charge in [0.05, 0.1) is 18.9 Å². The van der Waals surface area contributed by atoms with Gasteiger partial charge in [0.1, 0.15) is 5.69 Å². The molecule has 1 aromatic rings. The number of esters is 1. The summed E-state index contributed by atoms with van der Waals surface area (Å²) in [5.41, 5.74) is 1.51. The molecule has 0 atom stereocenters. The van der Waals surface area contributed by atoms with Crippen LogP contribution in [0.1, 0.15) is 47.8 Å². The molecule has 1 saturated carbocycles. The molecule has 0 amide bonds. The SMILES string of the molecule is COC(=O)c1cc(C2CCC(OC)CC2)nn1C. The number of hydrogen-bond acceptors (Lipinski definition) is 4. The highest BCUT2D eigenvalue weighted by Crippen LogP contribution is 2.33. The lowest BCUT2D eigenvalue weighted by molar-refractivity contribution is 0.0588. The molecule has 0 aliphatic heterocycles. The third kappa shape index (κ3) is 2.56. The first-order valence-corrected chi connectivity index (χ1v) is 6.30. The zero-order valence-corrected chi connectivity index (χ0v) is 11.2. The van der Waals surface area contributed by atoms with Crippen molar-refractivity contribution in [3.63, 3.8) is 0 Å². The second-order valence-electron chi connectivity index (χ2n) is 4.78. The molecule has 0 aromatic carbocycles. The number of methoxy groups -OCH3 is 2. The van der Waals surface area contributed by atoms with Gasteiger partial charge in [0.15, 0.2) is 0 Å². The van der Waals surface area contributed by atoms with Gasteiger partial charge in [-0.2, -0.15) is 5.10 Å². The molecule has 100 valence electrons. The van der Waals surface area contributed by atoms with Crippen LogP contribution in [-0.2, 0) is 16.5 Å². The van der Waals surface area contributed by atoms with E-state index in [0.29, 0.717) is 17.7 Å². The molecule has 2 rings (SSSR count). The monoisotopic (exact) mass is 252 g/mol. The quantitative estimate of drug-likeness (QED) is 0.771. The Morgan fingerprint density at radius 2 is 2.00 bits per heavy atom. The van der Waals surface area contributed by atoms with E-state index < -0.39 is 0 Å². The van der Waals surface area contributed by atoms with Crippen molar-refractivity contribution in [1.82, 2.24) is 9.78 Å². The van der Waals surface area contributed by atoms with E-state index in [1.807, 2.05) is 6.07 Å². The summed E-state index contributed by atoms with van der Waals surface area (Å²) in [5.74, 6) is 0.0998. The Balaban J connectivity index is 2.08. The molecule has 0 saturated heterocycles. The van der Waals surface area contributed by atoms with E-state index in [-0.39, 0.29) is 5.97 Å². The van der Waals surface area contributed by atoms with Crippen LogP contribution in [0.5, 0.6) is 0 Å². The number of ether oxygens (including phenoxy) is 2. The van der Waals surface area contributed by atoms with E-state index in [1.165, 1.54) is 7.11 Å². The van der Waals surface area contributed by atoms with E-state index in [2.05, 4.69) is 5.10 Å². The average molecular weight is 252 g/mol. The number of rotatable bonds is 3. The summed E-state index contributed by atoms with van der Waals surface area (Å²) in [4.78, 5) is 11.5.